The Kier molecular flexibility index (Phi) is 4.53. The summed E-state index contributed by atoms with van der Waals surface area (Å²) in [4.78, 5) is 31.2. The number of amides is 1. The van der Waals surface area contributed by atoms with E-state index in [1.54, 1.807) is 13.1 Å². The Morgan fingerprint density at radius 3 is 2.81 bits per heavy atom. The van der Waals surface area contributed by atoms with Crippen LogP contribution in [0.25, 0.3) is 10.8 Å². The highest BCUT2D eigenvalue weighted by Gasteiger charge is 2.47. The van der Waals surface area contributed by atoms with Crippen LogP contribution in [0.2, 0.25) is 0 Å². The third kappa shape index (κ3) is 2.99. The monoisotopic (exact) mass is 418 g/mol. The van der Waals surface area contributed by atoms with Crippen LogP contribution in [0.1, 0.15) is 49.0 Å². The summed E-state index contributed by atoms with van der Waals surface area (Å²) in [5.41, 5.74) is 1.73. The number of aryl methyl sites for hydroxylation is 1. The molecule has 6 heteroatoms. The quantitative estimate of drug-likeness (QED) is 0.668. The van der Waals surface area contributed by atoms with E-state index in [1.807, 2.05) is 18.2 Å². The lowest BCUT2D eigenvalue weighted by Gasteiger charge is -2.54. The molecule has 4 aliphatic rings. The molecule has 3 aliphatic heterocycles. The first kappa shape index (κ1) is 19.2. The van der Waals surface area contributed by atoms with E-state index >= 15 is 0 Å². The van der Waals surface area contributed by atoms with Gasteiger partial charge in [-0.15, -0.1) is 0 Å². The maximum absolute atomic E-state index is 13.9. The number of hydrogen-bond acceptors (Lipinski definition) is 4. The second kappa shape index (κ2) is 7.30. The molecule has 2 bridgehead atoms. The molecular weight excluding hydrogens is 388 g/mol. The molecule has 4 heterocycles. The number of likely N-dealkylation sites (tertiary alicyclic amines) is 1. The second-order valence-electron chi connectivity index (χ2n) is 9.83. The summed E-state index contributed by atoms with van der Waals surface area (Å²) in [6.07, 6.45) is 9.82. The molecule has 6 nitrogen and oxygen atoms in total. The predicted molar refractivity (Wildman–Crippen MR) is 120 cm³/mol. The Morgan fingerprint density at radius 1 is 1.10 bits per heavy atom. The van der Waals surface area contributed by atoms with Gasteiger partial charge in [0.2, 0.25) is 0 Å². The number of nitrogens with zero attached hydrogens (tertiary/aromatic N) is 4. The molecule has 3 fully saturated rings. The van der Waals surface area contributed by atoms with Crippen LogP contribution in [0.15, 0.2) is 40.7 Å². The van der Waals surface area contributed by atoms with Gasteiger partial charge in [-0.05, 0) is 56.6 Å². The molecule has 1 aromatic carbocycles. The zero-order valence-corrected chi connectivity index (χ0v) is 18.2. The fraction of sp³-hybridized carbons (Fsp3) is 0.560. The molecule has 1 amide bonds. The number of aromatic nitrogens is 2. The summed E-state index contributed by atoms with van der Waals surface area (Å²) in [5.74, 6) is 1.13. The van der Waals surface area contributed by atoms with Gasteiger partial charge in [0.1, 0.15) is 0 Å². The van der Waals surface area contributed by atoms with Gasteiger partial charge < -0.3 is 4.90 Å². The van der Waals surface area contributed by atoms with Gasteiger partial charge >= 0.3 is 0 Å². The minimum Gasteiger partial charge on any atom is -0.330 e. The first-order chi connectivity index (χ1) is 15.1. The summed E-state index contributed by atoms with van der Waals surface area (Å²) in [6, 6.07) is 8.26. The number of piperidine rings is 3. The summed E-state index contributed by atoms with van der Waals surface area (Å²) in [5, 5.41) is 5.67. The summed E-state index contributed by atoms with van der Waals surface area (Å²) >= 11 is 0. The fourth-order valence-corrected chi connectivity index (χ4v) is 6.79. The van der Waals surface area contributed by atoms with Crippen molar-refractivity contribution < 1.29 is 4.79 Å². The van der Waals surface area contributed by atoms with E-state index in [1.165, 1.54) is 42.5 Å². The van der Waals surface area contributed by atoms with Gasteiger partial charge in [0.05, 0.1) is 11.4 Å². The smallest absolute Gasteiger partial charge is 0.275 e. The second-order valence-corrected chi connectivity index (χ2v) is 9.83. The lowest BCUT2D eigenvalue weighted by atomic mass is 9.68. The van der Waals surface area contributed by atoms with Gasteiger partial charge in [0.25, 0.3) is 11.5 Å². The standard InChI is InChI=1S/C25H30N4O2/c1-27-24(30)20-9-3-2-8-19(20)22(26-27)25(31)29-12-6-7-16-13-17-14-18(23(16)29)15-28-11-5-4-10-21(17)28/h2-3,8-9,13,17-18,21,23H,4-7,10-12,14-15H2,1H3/t17?,18?,21-,23-/m1/s1. The molecule has 2 aromatic rings. The van der Waals surface area contributed by atoms with Crippen molar-refractivity contribution in [2.75, 3.05) is 19.6 Å². The van der Waals surface area contributed by atoms with Gasteiger partial charge in [-0.25, -0.2) is 4.68 Å². The van der Waals surface area contributed by atoms with Gasteiger partial charge in [0, 0.05) is 31.6 Å². The van der Waals surface area contributed by atoms with Gasteiger partial charge in [0.15, 0.2) is 5.69 Å². The SMILES string of the molecule is Cn1nc(C(=O)N2CCCC3=CC4CC(CN5CCCC[C@H]45)[C@@H]32)c2ccccc2c1=O. The van der Waals surface area contributed by atoms with Crippen LogP contribution in [0.3, 0.4) is 0 Å². The predicted octanol–water partition coefficient (Wildman–Crippen LogP) is 2.97. The van der Waals surface area contributed by atoms with Crippen molar-refractivity contribution in [3.8, 4) is 0 Å². The number of rotatable bonds is 1. The Labute approximate surface area is 182 Å². The van der Waals surface area contributed by atoms with Gasteiger partial charge in [-0.1, -0.05) is 36.3 Å². The third-order valence-electron chi connectivity index (χ3n) is 8.08. The van der Waals surface area contributed by atoms with E-state index in [4.69, 9.17) is 0 Å². The zero-order chi connectivity index (χ0) is 21.1. The molecule has 4 atom stereocenters. The number of fused-ring (bicyclic) bond motifs is 7. The molecule has 0 radical (unpaired) electrons. The van der Waals surface area contributed by atoms with E-state index in [0.717, 1.165) is 25.9 Å². The number of carbonyl (C=O) groups is 1. The minimum atomic E-state index is -0.157. The van der Waals surface area contributed by atoms with Crippen LogP contribution in [0, 0.1) is 11.8 Å². The molecule has 0 saturated carbocycles. The van der Waals surface area contributed by atoms with Gasteiger partial charge in [-0.3, -0.25) is 14.5 Å². The average molecular weight is 419 g/mol. The van der Waals surface area contributed by atoms with Crippen molar-refractivity contribution in [2.45, 2.75) is 50.6 Å². The lowest BCUT2D eigenvalue weighted by molar-refractivity contribution is 0.00131. The maximum atomic E-state index is 13.9. The van der Waals surface area contributed by atoms with Crippen LogP contribution in [-0.2, 0) is 7.05 Å². The van der Waals surface area contributed by atoms with Crippen LogP contribution >= 0.6 is 0 Å². The van der Waals surface area contributed by atoms with Crippen molar-refractivity contribution >= 4 is 16.7 Å². The molecule has 2 unspecified atom stereocenters. The highest BCUT2D eigenvalue weighted by atomic mass is 16.2. The Hall–Kier alpha value is -2.47. The van der Waals surface area contributed by atoms with E-state index < -0.39 is 0 Å². The molecule has 0 N–H and O–H groups in total. The van der Waals surface area contributed by atoms with Crippen molar-refractivity contribution in [1.82, 2.24) is 19.6 Å². The van der Waals surface area contributed by atoms with Crippen LogP contribution in [-0.4, -0.2) is 57.2 Å². The first-order valence-electron chi connectivity index (χ1n) is 11.8. The zero-order valence-electron chi connectivity index (χ0n) is 18.2. The van der Waals surface area contributed by atoms with Gasteiger partial charge in [-0.2, -0.15) is 5.10 Å². The normalized spacial score (nSPS) is 30.5. The maximum Gasteiger partial charge on any atom is 0.275 e. The molecule has 6 rings (SSSR count). The van der Waals surface area contributed by atoms with Crippen LogP contribution < -0.4 is 5.56 Å². The summed E-state index contributed by atoms with van der Waals surface area (Å²) < 4.78 is 1.31. The minimum absolute atomic E-state index is 0.0263. The highest BCUT2D eigenvalue weighted by molar-refractivity contribution is 6.05. The lowest BCUT2D eigenvalue weighted by Crippen LogP contribution is -2.60. The van der Waals surface area contributed by atoms with E-state index in [9.17, 15) is 9.59 Å². The van der Waals surface area contributed by atoms with Crippen LogP contribution in [0.5, 0.6) is 0 Å². The fourth-order valence-electron chi connectivity index (χ4n) is 6.79. The average Bonchev–Trinajstić information content (AvgIpc) is 2.81. The van der Waals surface area contributed by atoms with E-state index in [-0.39, 0.29) is 17.5 Å². The third-order valence-corrected chi connectivity index (χ3v) is 8.08. The molecule has 162 valence electrons. The van der Waals surface area contributed by atoms with E-state index in [0.29, 0.717) is 34.3 Å². The number of carbonyl (C=O) groups excluding carboxylic acids is 1. The molecular formula is C25H30N4O2. The first-order valence-corrected chi connectivity index (χ1v) is 11.8. The van der Waals surface area contributed by atoms with Crippen LogP contribution in [0.4, 0.5) is 0 Å². The topological polar surface area (TPSA) is 58.4 Å². The van der Waals surface area contributed by atoms with E-state index in [2.05, 4.69) is 21.0 Å². The van der Waals surface area contributed by atoms with Crippen molar-refractivity contribution in [3.63, 3.8) is 0 Å². The molecule has 31 heavy (non-hydrogen) atoms. The molecule has 1 aliphatic carbocycles. The number of hydrogen-bond donors (Lipinski definition) is 0. The van der Waals surface area contributed by atoms with Crippen molar-refractivity contribution in [1.29, 1.82) is 0 Å². The number of benzene rings is 1. The Balaban J connectivity index is 1.40. The Morgan fingerprint density at radius 2 is 1.94 bits per heavy atom. The van der Waals surface area contributed by atoms with Crippen molar-refractivity contribution in [3.05, 3.63) is 52.0 Å². The Bertz CT molecular complexity index is 1140. The molecule has 3 saturated heterocycles. The molecule has 1 aromatic heterocycles. The van der Waals surface area contributed by atoms with Crippen molar-refractivity contribution in [2.24, 2.45) is 18.9 Å². The largest absolute Gasteiger partial charge is 0.330 e. The molecule has 0 spiro atoms. The highest BCUT2D eigenvalue weighted by Crippen LogP contribution is 2.45. The summed E-state index contributed by atoms with van der Waals surface area (Å²) in [6.45, 7) is 3.08. The summed E-state index contributed by atoms with van der Waals surface area (Å²) in [7, 11) is 1.63.